The summed E-state index contributed by atoms with van der Waals surface area (Å²) in [5.74, 6) is -5.72. The largest absolute Gasteiger partial charge is 2.00 e. The molecule has 2 aliphatic carbocycles. The quantitative estimate of drug-likeness (QED) is 0.351. The Kier molecular flexibility index (Phi) is 7.32. The molecular formula is C18H20N2O8W. The van der Waals surface area contributed by atoms with Crippen LogP contribution in [0.4, 0.5) is 0 Å². The number of carbonyl (C=O) groups is 6. The van der Waals surface area contributed by atoms with E-state index in [9.17, 15) is 28.8 Å². The zero-order valence-corrected chi connectivity index (χ0v) is 18.3. The molecule has 2 aliphatic heterocycles. The van der Waals surface area contributed by atoms with E-state index in [0.29, 0.717) is 38.5 Å². The van der Waals surface area contributed by atoms with Crippen LogP contribution in [0.5, 0.6) is 0 Å². The van der Waals surface area contributed by atoms with Crippen molar-refractivity contribution in [2.24, 2.45) is 35.5 Å². The standard InChI is InChI=1S/2C9H11NO4.W/c2*10-7(11)4-1-2-5-6(3-4)9(13)14-8(5)12;/h2*4-6H,1-3H2,(H2,10,11);/q;;+2/p-2. The van der Waals surface area contributed by atoms with Gasteiger partial charge in [-0.2, -0.15) is 0 Å². The number of nitrogens with one attached hydrogen (secondary N) is 2. The first kappa shape index (κ1) is 23.2. The second-order valence-corrected chi connectivity index (χ2v) is 7.65. The first-order valence-corrected chi connectivity index (χ1v) is 9.21. The van der Waals surface area contributed by atoms with E-state index < -0.39 is 59.4 Å². The summed E-state index contributed by atoms with van der Waals surface area (Å²) in [6, 6.07) is 0. The molecule has 4 fully saturated rings. The molecule has 29 heavy (non-hydrogen) atoms. The van der Waals surface area contributed by atoms with E-state index in [-0.39, 0.29) is 32.9 Å². The van der Waals surface area contributed by atoms with Gasteiger partial charge in [0, 0.05) is 11.8 Å². The van der Waals surface area contributed by atoms with Crippen molar-refractivity contribution in [3.05, 3.63) is 11.5 Å². The van der Waals surface area contributed by atoms with Crippen LogP contribution in [0.15, 0.2) is 0 Å². The molecule has 0 bridgehead atoms. The van der Waals surface area contributed by atoms with Crippen molar-refractivity contribution in [3.8, 4) is 0 Å². The molecule has 2 amide bonds. The molecule has 4 aliphatic rings. The molecule has 156 valence electrons. The number of fused-ring (bicyclic) bond motifs is 2. The van der Waals surface area contributed by atoms with E-state index in [4.69, 9.17) is 11.5 Å². The Morgan fingerprint density at radius 1 is 0.621 bits per heavy atom. The molecule has 4 rings (SSSR count). The minimum absolute atomic E-state index is 0. The first-order chi connectivity index (χ1) is 13.2. The normalized spacial score (nSPS) is 35.2. The summed E-state index contributed by atoms with van der Waals surface area (Å²) in [7, 11) is 0. The minimum Gasteiger partial charge on any atom is -0.668 e. The Morgan fingerprint density at radius 3 is 1.24 bits per heavy atom. The van der Waals surface area contributed by atoms with Gasteiger partial charge in [0.05, 0.1) is 35.5 Å². The van der Waals surface area contributed by atoms with Crippen molar-refractivity contribution in [2.75, 3.05) is 0 Å². The van der Waals surface area contributed by atoms with Gasteiger partial charge in [0.15, 0.2) is 0 Å². The molecule has 6 atom stereocenters. The van der Waals surface area contributed by atoms with E-state index >= 15 is 0 Å². The average molecular weight is 576 g/mol. The molecule has 0 radical (unpaired) electrons. The maximum absolute atomic E-state index is 11.2. The van der Waals surface area contributed by atoms with Crippen LogP contribution in [0.2, 0.25) is 0 Å². The molecule has 2 N–H and O–H groups in total. The number of carbonyl (C=O) groups excluding carboxylic acids is 6. The fourth-order valence-electron chi connectivity index (χ4n) is 4.40. The third-order valence-electron chi connectivity index (χ3n) is 6.06. The molecule has 10 nitrogen and oxygen atoms in total. The zero-order valence-electron chi connectivity index (χ0n) is 15.4. The Balaban J connectivity index is 0.000000200. The minimum atomic E-state index is -0.643. The molecule has 11 heteroatoms. The Bertz CT molecular complexity index is 692. The van der Waals surface area contributed by atoms with Gasteiger partial charge in [-0.1, -0.05) is 0 Å². The van der Waals surface area contributed by atoms with Crippen LogP contribution in [0.1, 0.15) is 38.5 Å². The van der Waals surface area contributed by atoms with Crippen molar-refractivity contribution in [1.29, 1.82) is 0 Å². The molecular weight excluding hydrogens is 556 g/mol. The second-order valence-electron chi connectivity index (χ2n) is 7.65. The van der Waals surface area contributed by atoms with E-state index in [1.54, 1.807) is 0 Å². The maximum Gasteiger partial charge on any atom is 2.00 e. The van der Waals surface area contributed by atoms with Gasteiger partial charge in [0.1, 0.15) is 0 Å². The monoisotopic (exact) mass is 576 g/mol. The Hall–Kier alpha value is -2.09. The summed E-state index contributed by atoms with van der Waals surface area (Å²) in [5, 5.41) is 0. The van der Waals surface area contributed by atoms with Crippen LogP contribution in [0.3, 0.4) is 0 Å². The van der Waals surface area contributed by atoms with Crippen LogP contribution >= 0.6 is 0 Å². The number of cyclic esters (lactones) is 4. The number of hydrogen-bond acceptors (Lipinski definition) is 8. The van der Waals surface area contributed by atoms with E-state index in [1.165, 1.54) is 0 Å². The number of esters is 4. The molecule has 2 heterocycles. The van der Waals surface area contributed by atoms with E-state index in [2.05, 4.69) is 9.47 Å². The third-order valence-corrected chi connectivity index (χ3v) is 6.06. The first-order valence-electron chi connectivity index (χ1n) is 9.21. The Labute approximate surface area is 180 Å². The second kappa shape index (κ2) is 9.15. The zero-order chi connectivity index (χ0) is 20.6. The van der Waals surface area contributed by atoms with Crippen LogP contribution in [0.25, 0.3) is 11.5 Å². The summed E-state index contributed by atoms with van der Waals surface area (Å²) in [6.07, 6.45) is 2.63. The number of hydrogen-bond donors (Lipinski definition) is 0. The van der Waals surface area contributed by atoms with Gasteiger partial charge >= 0.3 is 44.9 Å². The van der Waals surface area contributed by atoms with Gasteiger partial charge in [-0.15, -0.1) is 0 Å². The average Bonchev–Trinajstić information content (AvgIpc) is 3.10. The van der Waals surface area contributed by atoms with Crippen LogP contribution in [-0.2, 0) is 59.3 Å². The fraction of sp³-hybridized carbons (Fsp3) is 0.667. The van der Waals surface area contributed by atoms with Gasteiger partial charge in [0.25, 0.3) is 0 Å². The smallest absolute Gasteiger partial charge is 0.668 e. The van der Waals surface area contributed by atoms with Crippen LogP contribution in [0, 0.1) is 35.5 Å². The van der Waals surface area contributed by atoms with Crippen LogP contribution in [-0.4, -0.2) is 35.7 Å². The molecule has 2 saturated carbocycles. The summed E-state index contributed by atoms with van der Waals surface area (Å²) in [5.41, 5.74) is 13.9. The summed E-state index contributed by atoms with van der Waals surface area (Å²) in [6.45, 7) is 0. The number of ether oxygens (including phenoxy) is 2. The van der Waals surface area contributed by atoms with Gasteiger partial charge < -0.3 is 30.5 Å². The number of amides is 2. The Morgan fingerprint density at radius 2 is 0.931 bits per heavy atom. The predicted octanol–water partition coefficient (Wildman–Crippen LogP) is 1.36. The molecule has 0 aromatic carbocycles. The van der Waals surface area contributed by atoms with Gasteiger partial charge in [0.2, 0.25) is 0 Å². The SMILES string of the molecule is [NH-]C(=O)C1CCC2C(=O)OC(=O)C2C1.[NH-]C(=O)C1CCC2C(=O)OC(=O)C2C1.[W+2]. The van der Waals surface area contributed by atoms with Crippen LogP contribution < -0.4 is 0 Å². The molecule has 0 spiro atoms. The summed E-state index contributed by atoms with van der Waals surface area (Å²) in [4.78, 5) is 66.2. The summed E-state index contributed by atoms with van der Waals surface area (Å²) >= 11 is 0. The fourth-order valence-corrected chi connectivity index (χ4v) is 4.40. The molecule has 0 aromatic rings. The third kappa shape index (κ3) is 4.74. The van der Waals surface area contributed by atoms with Gasteiger partial charge in [-0.25, -0.2) is 0 Å². The van der Waals surface area contributed by atoms with Gasteiger partial charge in [-0.3, -0.25) is 19.2 Å². The van der Waals surface area contributed by atoms with Crippen molar-refractivity contribution >= 4 is 35.7 Å². The van der Waals surface area contributed by atoms with Crippen molar-refractivity contribution in [1.82, 2.24) is 0 Å². The van der Waals surface area contributed by atoms with E-state index in [0.717, 1.165) is 0 Å². The van der Waals surface area contributed by atoms with Crippen molar-refractivity contribution in [3.63, 3.8) is 0 Å². The topological polar surface area (TPSA) is 168 Å². The number of rotatable bonds is 2. The predicted molar refractivity (Wildman–Crippen MR) is 89.5 cm³/mol. The van der Waals surface area contributed by atoms with Crippen molar-refractivity contribution < 1.29 is 59.3 Å². The van der Waals surface area contributed by atoms with E-state index in [1.807, 2.05) is 0 Å². The molecule has 0 aromatic heterocycles. The van der Waals surface area contributed by atoms with Gasteiger partial charge in [-0.05, 0) is 38.5 Å². The maximum atomic E-state index is 11.2. The molecule has 6 unspecified atom stereocenters. The molecule has 2 saturated heterocycles. The summed E-state index contributed by atoms with van der Waals surface area (Å²) < 4.78 is 8.97. The van der Waals surface area contributed by atoms with Crippen molar-refractivity contribution in [2.45, 2.75) is 38.5 Å².